The van der Waals surface area contributed by atoms with Gasteiger partial charge in [0.2, 0.25) is 0 Å². The van der Waals surface area contributed by atoms with Crippen LogP contribution in [0.2, 0.25) is 0 Å². The first-order valence-electron chi connectivity index (χ1n) is 17.6. The van der Waals surface area contributed by atoms with Crippen LogP contribution in [0.3, 0.4) is 0 Å². The number of carboxylic acid groups (broad SMARTS) is 1. The van der Waals surface area contributed by atoms with Gasteiger partial charge in [-0.25, -0.2) is 4.79 Å². The average Bonchev–Trinajstić information content (AvgIpc) is 3.34. The number of carboxylic acids is 1. The van der Waals surface area contributed by atoms with Crippen molar-refractivity contribution in [2.24, 2.45) is 63.6 Å². The Balaban J connectivity index is 1.33. The van der Waals surface area contributed by atoms with Crippen molar-refractivity contribution >= 4 is 11.5 Å². The maximum atomic E-state index is 11.5. The van der Waals surface area contributed by atoms with Gasteiger partial charge < -0.3 is 10.4 Å². The maximum Gasteiger partial charge on any atom is 0.335 e. The average molecular weight is 586 g/mol. The van der Waals surface area contributed by atoms with Crippen LogP contribution < -0.4 is 5.32 Å². The van der Waals surface area contributed by atoms with Gasteiger partial charge in [-0.05, 0) is 152 Å². The fourth-order valence-corrected chi connectivity index (χ4v) is 12.8. The number of allylic oxidation sites excluding steroid dienone is 3. The molecule has 0 radical (unpaired) electrons. The molecule has 5 aliphatic rings. The highest BCUT2D eigenvalue weighted by atomic mass is 16.4. The molecule has 1 aromatic carbocycles. The first kappa shape index (κ1) is 31.1. The van der Waals surface area contributed by atoms with Crippen LogP contribution >= 0.6 is 0 Å². The minimum absolute atomic E-state index is 0.0577. The number of carbonyl (C=O) groups is 1. The first-order valence-corrected chi connectivity index (χ1v) is 17.6. The lowest BCUT2D eigenvalue weighted by Gasteiger charge is -2.69. The zero-order chi connectivity index (χ0) is 31.1. The Kier molecular flexibility index (Phi) is 7.67. The minimum atomic E-state index is -0.852. The molecule has 0 spiro atoms. The van der Waals surface area contributed by atoms with Crippen LogP contribution in [0.5, 0.6) is 0 Å². The molecule has 236 valence electrons. The second-order valence-electron chi connectivity index (χ2n) is 17.4. The summed E-state index contributed by atoms with van der Waals surface area (Å²) in [6, 6.07) is 7.65. The summed E-state index contributed by atoms with van der Waals surface area (Å²) in [5, 5.41) is 13.7. The third-order valence-corrected chi connectivity index (χ3v) is 14.6. The van der Waals surface area contributed by atoms with Gasteiger partial charge in [-0.3, -0.25) is 0 Å². The largest absolute Gasteiger partial charge is 0.478 e. The lowest BCUT2D eigenvalue weighted by Crippen LogP contribution is -2.66. The molecular weight excluding hydrogens is 526 g/mol. The molecule has 43 heavy (non-hydrogen) atoms. The van der Waals surface area contributed by atoms with Crippen molar-refractivity contribution in [1.29, 1.82) is 0 Å². The number of benzene rings is 1. The van der Waals surface area contributed by atoms with Crippen molar-refractivity contribution in [2.75, 3.05) is 6.54 Å². The SMILES string of the molecule is C=C(C)[C@@H]1CC[C@@]2(NCC(C)C)[C@@H]1[C@@H]1CC[C@@H]3[C@](C)(CC[C@H]4C(C)(C)C(c5ccc(C(=O)O)cc5)=CC[C@@]34C)[C@@H]1C[C@H]2C. The smallest absolute Gasteiger partial charge is 0.335 e. The molecule has 3 heteroatoms. The molecule has 6 rings (SSSR count). The third-order valence-electron chi connectivity index (χ3n) is 14.6. The van der Waals surface area contributed by atoms with E-state index in [1.165, 1.54) is 61.7 Å². The van der Waals surface area contributed by atoms with Gasteiger partial charge in [0.05, 0.1) is 5.56 Å². The van der Waals surface area contributed by atoms with Gasteiger partial charge in [0.25, 0.3) is 0 Å². The predicted molar refractivity (Wildman–Crippen MR) is 179 cm³/mol. The van der Waals surface area contributed by atoms with Gasteiger partial charge in [0, 0.05) is 5.54 Å². The molecule has 4 saturated carbocycles. The minimum Gasteiger partial charge on any atom is -0.478 e. The van der Waals surface area contributed by atoms with Crippen molar-refractivity contribution in [2.45, 2.75) is 112 Å². The topological polar surface area (TPSA) is 49.3 Å². The highest BCUT2D eigenvalue weighted by Gasteiger charge is 2.67. The standard InChI is InChI=1S/C40H59NO2/c1-24(2)23-41-40-21-16-29(25(3)4)35(40)30-14-15-34-38(8,32(30)22-26(40)5)20-18-33-37(6,7)31(17-19-39(33,34)9)27-10-12-28(13-11-27)36(42)43/h10-13,17,24,26,29-30,32-35,41H,3,14-16,18-23H2,1-2,4-9H3,(H,42,43)/t26-,29+,30-,32-,33+,34-,35+,38-,39-,40+/m1/s1. The quantitative estimate of drug-likeness (QED) is 0.327. The predicted octanol–water partition coefficient (Wildman–Crippen LogP) is 9.89. The Hall–Kier alpha value is -1.87. The third kappa shape index (κ3) is 4.56. The van der Waals surface area contributed by atoms with Crippen LogP contribution in [0.25, 0.3) is 5.57 Å². The molecule has 4 fully saturated rings. The number of hydrogen-bond acceptors (Lipinski definition) is 2. The lowest BCUT2D eigenvalue weighted by atomic mass is 9.36. The number of nitrogens with one attached hydrogen (secondary N) is 1. The van der Waals surface area contributed by atoms with Gasteiger partial charge in [-0.1, -0.05) is 78.8 Å². The zero-order valence-electron chi connectivity index (χ0n) is 28.4. The second kappa shape index (κ2) is 10.6. The van der Waals surface area contributed by atoms with Crippen molar-refractivity contribution < 1.29 is 9.90 Å². The molecule has 10 atom stereocenters. The summed E-state index contributed by atoms with van der Waals surface area (Å²) in [4.78, 5) is 11.5. The van der Waals surface area contributed by atoms with Crippen LogP contribution in [0.4, 0.5) is 0 Å². The summed E-state index contributed by atoms with van der Waals surface area (Å²) in [7, 11) is 0. The molecule has 0 aliphatic heterocycles. The molecule has 0 aromatic heterocycles. The van der Waals surface area contributed by atoms with Gasteiger partial charge >= 0.3 is 5.97 Å². The number of rotatable bonds is 6. The van der Waals surface area contributed by atoms with Gasteiger partial charge in [0.1, 0.15) is 0 Å². The lowest BCUT2D eigenvalue weighted by molar-refractivity contribution is -0.183. The molecule has 0 unspecified atom stereocenters. The summed E-state index contributed by atoms with van der Waals surface area (Å²) in [5.74, 6) is 4.90. The van der Waals surface area contributed by atoms with Crippen molar-refractivity contribution in [3.63, 3.8) is 0 Å². The molecule has 0 amide bonds. The molecule has 2 N–H and O–H groups in total. The summed E-state index contributed by atoms with van der Waals surface area (Å²) < 4.78 is 0. The Bertz CT molecular complexity index is 1290. The Labute approximate surface area is 262 Å². The van der Waals surface area contributed by atoms with Crippen molar-refractivity contribution in [3.8, 4) is 0 Å². The zero-order valence-corrected chi connectivity index (χ0v) is 28.4. The van der Waals surface area contributed by atoms with Crippen molar-refractivity contribution in [1.82, 2.24) is 5.32 Å². The van der Waals surface area contributed by atoms with Gasteiger partial charge in [0.15, 0.2) is 0 Å². The molecule has 0 saturated heterocycles. The summed E-state index contributed by atoms with van der Waals surface area (Å²) in [6.07, 6.45) is 13.1. The van der Waals surface area contributed by atoms with Gasteiger partial charge in [-0.15, -0.1) is 0 Å². The maximum absolute atomic E-state index is 11.5. The summed E-state index contributed by atoms with van der Waals surface area (Å²) in [5.41, 5.74) is 5.44. The van der Waals surface area contributed by atoms with Crippen LogP contribution in [-0.4, -0.2) is 23.2 Å². The fourth-order valence-electron chi connectivity index (χ4n) is 12.8. The Morgan fingerprint density at radius 3 is 2.33 bits per heavy atom. The second-order valence-corrected chi connectivity index (χ2v) is 17.4. The van der Waals surface area contributed by atoms with E-state index < -0.39 is 5.97 Å². The van der Waals surface area contributed by atoms with E-state index in [9.17, 15) is 9.90 Å². The van der Waals surface area contributed by atoms with Crippen LogP contribution in [0, 0.1) is 63.6 Å². The first-order chi connectivity index (χ1) is 20.2. The number of fused-ring (bicyclic) bond motifs is 7. The van der Waals surface area contributed by atoms with Gasteiger partial charge in [-0.2, -0.15) is 0 Å². The van der Waals surface area contributed by atoms with E-state index in [-0.39, 0.29) is 11.0 Å². The summed E-state index contributed by atoms with van der Waals surface area (Å²) in [6.45, 7) is 25.7. The molecule has 1 aromatic rings. The molecule has 0 heterocycles. The Morgan fingerprint density at radius 2 is 1.70 bits per heavy atom. The van der Waals surface area contributed by atoms with Crippen LogP contribution in [0.15, 0.2) is 42.5 Å². The van der Waals surface area contributed by atoms with Crippen molar-refractivity contribution in [3.05, 3.63) is 53.6 Å². The van der Waals surface area contributed by atoms with E-state index in [2.05, 4.69) is 73.4 Å². The number of aromatic carboxylic acids is 1. The van der Waals surface area contributed by atoms with E-state index in [4.69, 9.17) is 0 Å². The highest BCUT2D eigenvalue weighted by Crippen LogP contribution is 2.73. The van der Waals surface area contributed by atoms with E-state index in [0.717, 1.165) is 36.6 Å². The molecule has 0 bridgehead atoms. The fraction of sp³-hybridized carbons (Fsp3) is 0.725. The number of hydrogen-bond donors (Lipinski definition) is 2. The Morgan fingerprint density at radius 1 is 1.00 bits per heavy atom. The van der Waals surface area contributed by atoms with Crippen LogP contribution in [0.1, 0.15) is 123 Å². The van der Waals surface area contributed by atoms with Crippen LogP contribution in [-0.2, 0) is 0 Å². The highest BCUT2D eigenvalue weighted by molar-refractivity contribution is 5.88. The van der Waals surface area contributed by atoms with E-state index in [1.54, 1.807) is 12.1 Å². The van der Waals surface area contributed by atoms with E-state index >= 15 is 0 Å². The monoisotopic (exact) mass is 585 g/mol. The normalized spacial score (nSPS) is 43.2. The van der Waals surface area contributed by atoms with E-state index in [1.807, 2.05) is 12.1 Å². The molecule has 5 aliphatic carbocycles. The molecule has 3 nitrogen and oxygen atoms in total. The van der Waals surface area contributed by atoms with E-state index in [0.29, 0.717) is 40.1 Å². The molecular formula is C40H59NO2. The summed E-state index contributed by atoms with van der Waals surface area (Å²) >= 11 is 0.